The van der Waals surface area contributed by atoms with Gasteiger partial charge in [0.25, 0.3) is 0 Å². The fraction of sp³-hybridized carbons (Fsp3) is 0.286. The zero-order valence-corrected chi connectivity index (χ0v) is 15.6. The molecule has 2 aromatic carbocycles. The molecule has 0 spiro atoms. The number of amides is 1. The van der Waals surface area contributed by atoms with E-state index >= 15 is 0 Å². The van der Waals surface area contributed by atoms with E-state index in [2.05, 4.69) is 10.3 Å². The highest BCUT2D eigenvalue weighted by atomic mass is 16.5. The van der Waals surface area contributed by atoms with Crippen molar-refractivity contribution in [1.82, 2.24) is 10.3 Å². The van der Waals surface area contributed by atoms with Crippen molar-refractivity contribution in [2.45, 2.75) is 26.3 Å². The van der Waals surface area contributed by atoms with Gasteiger partial charge in [-0.25, -0.2) is 0 Å². The van der Waals surface area contributed by atoms with Crippen LogP contribution in [0.2, 0.25) is 0 Å². The molecule has 0 aliphatic rings. The molecule has 3 aromatic rings. The smallest absolute Gasteiger partial charge is 0.224 e. The number of carbonyl (C=O) groups excluding carboxylic acids is 1. The van der Waals surface area contributed by atoms with Gasteiger partial charge < -0.3 is 19.8 Å². The number of para-hydroxylation sites is 1. The zero-order chi connectivity index (χ0) is 18.7. The Hall–Kier alpha value is -2.95. The Morgan fingerprint density at radius 3 is 2.65 bits per heavy atom. The quantitative estimate of drug-likeness (QED) is 0.707. The third-order valence-electron chi connectivity index (χ3n) is 4.65. The molecule has 5 heteroatoms. The highest BCUT2D eigenvalue weighted by molar-refractivity contribution is 5.90. The van der Waals surface area contributed by atoms with Crippen LogP contribution in [0.25, 0.3) is 10.9 Å². The molecule has 0 saturated carbocycles. The van der Waals surface area contributed by atoms with E-state index in [0.29, 0.717) is 6.42 Å². The second-order valence-electron chi connectivity index (χ2n) is 6.35. The molecule has 0 saturated heterocycles. The molecule has 1 unspecified atom stereocenters. The summed E-state index contributed by atoms with van der Waals surface area (Å²) in [4.78, 5) is 16.0. The predicted octanol–water partition coefficient (Wildman–Crippen LogP) is 3.91. The van der Waals surface area contributed by atoms with Gasteiger partial charge >= 0.3 is 0 Å². The Morgan fingerprint density at radius 1 is 1.15 bits per heavy atom. The number of H-pyrrole nitrogens is 1. The first kappa shape index (κ1) is 17.9. The lowest BCUT2D eigenvalue weighted by Gasteiger charge is -2.18. The summed E-state index contributed by atoms with van der Waals surface area (Å²) in [5, 5.41) is 4.15. The SMILES string of the molecule is COc1ccc(OC)c(C(C)NC(=O)Cc2c(C)[nH]c3ccccc23)c1. The maximum Gasteiger partial charge on any atom is 0.224 e. The lowest BCUT2D eigenvalue weighted by Crippen LogP contribution is -2.28. The van der Waals surface area contributed by atoms with Crippen LogP contribution in [0, 0.1) is 6.92 Å². The van der Waals surface area contributed by atoms with Crippen LogP contribution in [0.5, 0.6) is 11.5 Å². The van der Waals surface area contributed by atoms with Gasteiger partial charge in [-0.05, 0) is 43.7 Å². The lowest BCUT2D eigenvalue weighted by molar-refractivity contribution is -0.121. The second-order valence-corrected chi connectivity index (χ2v) is 6.35. The fourth-order valence-corrected chi connectivity index (χ4v) is 3.27. The van der Waals surface area contributed by atoms with E-state index < -0.39 is 0 Å². The van der Waals surface area contributed by atoms with Crippen LogP contribution >= 0.6 is 0 Å². The Morgan fingerprint density at radius 2 is 1.92 bits per heavy atom. The Bertz CT molecular complexity index is 930. The maximum atomic E-state index is 12.6. The highest BCUT2D eigenvalue weighted by Crippen LogP contribution is 2.29. The highest BCUT2D eigenvalue weighted by Gasteiger charge is 2.17. The number of aromatic nitrogens is 1. The molecule has 1 atom stereocenters. The third-order valence-corrected chi connectivity index (χ3v) is 4.65. The molecule has 3 rings (SSSR count). The van der Waals surface area contributed by atoms with Crippen LogP contribution in [-0.4, -0.2) is 25.1 Å². The number of aryl methyl sites for hydroxylation is 1. The summed E-state index contributed by atoms with van der Waals surface area (Å²) in [7, 11) is 3.24. The van der Waals surface area contributed by atoms with Crippen LogP contribution < -0.4 is 14.8 Å². The number of ether oxygens (including phenoxy) is 2. The molecule has 5 nitrogen and oxygen atoms in total. The molecule has 1 amide bonds. The summed E-state index contributed by atoms with van der Waals surface area (Å²) >= 11 is 0. The number of carbonyl (C=O) groups is 1. The molecule has 136 valence electrons. The van der Waals surface area contributed by atoms with Crippen LogP contribution in [0.15, 0.2) is 42.5 Å². The van der Waals surface area contributed by atoms with Crippen molar-refractivity contribution in [1.29, 1.82) is 0 Å². The van der Waals surface area contributed by atoms with Gasteiger partial charge in [-0.3, -0.25) is 4.79 Å². The van der Waals surface area contributed by atoms with Gasteiger partial charge in [-0.1, -0.05) is 18.2 Å². The van der Waals surface area contributed by atoms with Gasteiger partial charge in [0.1, 0.15) is 11.5 Å². The van der Waals surface area contributed by atoms with Gasteiger partial charge in [0, 0.05) is 22.2 Å². The van der Waals surface area contributed by atoms with Gasteiger partial charge in [0.15, 0.2) is 0 Å². The summed E-state index contributed by atoms with van der Waals surface area (Å²) in [5.74, 6) is 1.42. The molecule has 0 aliphatic carbocycles. The fourth-order valence-electron chi connectivity index (χ4n) is 3.27. The van der Waals surface area contributed by atoms with Crippen molar-refractivity contribution in [2.75, 3.05) is 14.2 Å². The largest absolute Gasteiger partial charge is 0.497 e. The van der Waals surface area contributed by atoms with Crippen LogP contribution in [0.3, 0.4) is 0 Å². The monoisotopic (exact) mass is 352 g/mol. The molecular formula is C21H24N2O3. The minimum atomic E-state index is -0.196. The van der Waals surface area contributed by atoms with Crippen molar-refractivity contribution in [3.63, 3.8) is 0 Å². The Balaban J connectivity index is 1.78. The Labute approximate surface area is 153 Å². The van der Waals surface area contributed by atoms with Gasteiger partial charge in [0.2, 0.25) is 5.91 Å². The van der Waals surface area contributed by atoms with E-state index in [0.717, 1.165) is 39.2 Å². The molecule has 0 radical (unpaired) electrons. The number of hydrogen-bond donors (Lipinski definition) is 2. The number of nitrogens with one attached hydrogen (secondary N) is 2. The van der Waals surface area contributed by atoms with Crippen molar-refractivity contribution >= 4 is 16.8 Å². The van der Waals surface area contributed by atoms with E-state index in [1.165, 1.54) is 0 Å². The van der Waals surface area contributed by atoms with Gasteiger partial charge in [-0.2, -0.15) is 0 Å². The first-order valence-electron chi connectivity index (χ1n) is 8.61. The van der Waals surface area contributed by atoms with Gasteiger partial charge in [0.05, 0.1) is 26.7 Å². The average molecular weight is 352 g/mol. The first-order valence-corrected chi connectivity index (χ1v) is 8.61. The molecule has 0 bridgehead atoms. The molecule has 1 aromatic heterocycles. The van der Waals surface area contributed by atoms with Crippen LogP contribution in [-0.2, 0) is 11.2 Å². The molecule has 26 heavy (non-hydrogen) atoms. The number of aromatic amines is 1. The Kier molecular flexibility index (Phi) is 5.16. The average Bonchev–Trinajstić information content (AvgIpc) is 2.96. The maximum absolute atomic E-state index is 12.6. The normalized spacial score (nSPS) is 12.0. The molecule has 1 heterocycles. The minimum absolute atomic E-state index is 0.0322. The van der Waals surface area contributed by atoms with Crippen molar-refractivity contribution in [3.05, 3.63) is 59.3 Å². The number of rotatable bonds is 6. The van der Waals surface area contributed by atoms with Gasteiger partial charge in [-0.15, -0.1) is 0 Å². The summed E-state index contributed by atoms with van der Waals surface area (Å²) < 4.78 is 10.7. The predicted molar refractivity (Wildman–Crippen MR) is 103 cm³/mol. The van der Waals surface area contributed by atoms with E-state index in [4.69, 9.17) is 9.47 Å². The van der Waals surface area contributed by atoms with E-state index in [9.17, 15) is 4.79 Å². The zero-order valence-electron chi connectivity index (χ0n) is 15.6. The number of fused-ring (bicyclic) bond motifs is 1. The topological polar surface area (TPSA) is 63.4 Å². The minimum Gasteiger partial charge on any atom is -0.497 e. The number of methoxy groups -OCH3 is 2. The van der Waals surface area contributed by atoms with Crippen LogP contribution in [0.1, 0.15) is 29.8 Å². The summed E-state index contributed by atoms with van der Waals surface area (Å²) in [6.45, 7) is 3.94. The lowest BCUT2D eigenvalue weighted by atomic mass is 10.0. The second kappa shape index (κ2) is 7.52. The van der Waals surface area contributed by atoms with Crippen LogP contribution in [0.4, 0.5) is 0 Å². The number of hydrogen-bond acceptors (Lipinski definition) is 3. The van der Waals surface area contributed by atoms with E-state index in [1.54, 1.807) is 14.2 Å². The van der Waals surface area contributed by atoms with Crippen molar-refractivity contribution < 1.29 is 14.3 Å². The molecule has 0 fully saturated rings. The summed E-state index contributed by atoms with van der Waals surface area (Å²) in [5.41, 5.74) is 3.99. The number of benzene rings is 2. The summed E-state index contributed by atoms with van der Waals surface area (Å²) in [6, 6.07) is 13.4. The standard InChI is InChI=1S/C21H24N2O3/c1-13-17(16-7-5-6-8-19(16)22-13)12-21(24)23-14(2)18-11-15(25-3)9-10-20(18)26-4/h5-11,14,22H,12H2,1-4H3,(H,23,24). The first-order chi connectivity index (χ1) is 12.5. The molecule has 0 aliphatic heterocycles. The molecule has 2 N–H and O–H groups in total. The third kappa shape index (κ3) is 3.52. The van der Waals surface area contributed by atoms with Crippen molar-refractivity contribution in [2.24, 2.45) is 0 Å². The van der Waals surface area contributed by atoms with Crippen molar-refractivity contribution in [3.8, 4) is 11.5 Å². The van der Waals surface area contributed by atoms with E-state index in [-0.39, 0.29) is 11.9 Å². The summed E-state index contributed by atoms with van der Waals surface area (Å²) in [6.07, 6.45) is 0.326. The van der Waals surface area contributed by atoms with E-state index in [1.807, 2.05) is 56.3 Å². The molecular weight excluding hydrogens is 328 g/mol.